The minimum Gasteiger partial charge on any atom is -0.371 e. The molecule has 1 fully saturated rings. The Morgan fingerprint density at radius 1 is 1.15 bits per heavy atom. The normalized spacial score (nSPS) is 18.4. The molecule has 5 rings (SSSR count). The summed E-state index contributed by atoms with van der Waals surface area (Å²) in [4.78, 5) is 24.4. The molecule has 1 aromatic carbocycles. The van der Waals surface area contributed by atoms with E-state index in [4.69, 9.17) is 0 Å². The van der Waals surface area contributed by atoms with Crippen LogP contribution in [-0.4, -0.2) is 49.7 Å². The van der Waals surface area contributed by atoms with E-state index in [-0.39, 0.29) is 11.7 Å². The molecule has 34 heavy (non-hydrogen) atoms. The number of aromatic nitrogens is 2. The van der Waals surface area contributed by atoms with Gasteiger partial charge in [0.15, 0.2) is 0 Å². The van der Waals surface area contributed by atoms with Crippen LogP contribution in [0.4, 0.5) is 23.1 Å². The average molecular weight is 485 g/mol. The summed E-state index contributed by atoms with van der Waals surface area (Å²) < 4.78 is 26.9. The lowest BCUT2D eigenvalue weighted by Gasteiger charge is -2.34. The first kappa shape index (κ1) is 24.0. The van der Waals surface area contributed by atoms with Crippen LogP contribution in [0.1, 0.15) is 48.7 Å². The molecule has 0 radical (unpaired) electrons. The number of carbonyl (C=O) groups is 1. The third kappa shape index (κ3) is 6.05. The molecule has 1 saturated heterocycles. The molecular weight excluding hydrogens is 452 g/mol. The maximum Gasteiger partial charge on any atom is 0.258 e. The Hall–Kier alpha value is -3.14. The van der Waals surface area contributed by atoms with Gasteiger partial charge in [0.05, 0.1) is 22.7 Å². The number of allylic oxidation sites excluding steroid dienone is 1. The molecular formula is C24H32N6O3S. The van der Waals surface area contributed by atoms with Crippen LogP contribution in [0.15, 0.2) is 36.4 Å². The highest BCUT2D eigenvalue weighted by Crippen LogP contribution is 2.31. The summed E-state index contributed by atoms with van der Waals surface area (Å²) in [6, 6.07) is 6.79. The van der Waals surface area contributed by atoms with Crippen LogP contribution >= 0.6 is 0 Å². The van der Waals surface area contributed by atoms with Crippen molar-refractivity contribution in [3.05, 3.63) is 47.7 Å². The van der Waals surface area contributed by atoms with Gasteiger partial charge < -0.3 is 15.5 Å². The number of aryl methyl sites for hydroxylation is 1. The largest absolute Gasteiger partial charge is 0.371 e. The van der Waals surface area contributed by atoms with Crippen molar-refractivity contribution in [3.63, 3.8) is 0 Å². The standard InChI is InChI=1S/C24H32N6O3S/c1-3-34(32,33)29-19-8-9-20-21(16-19)30-13-10-18(11-14-30)7-5-4-6-12-25-24-26-17(2)15-22(28-24)27-23(20)31/h4-5,8-9,15-16,18,29H,3,6-7,10-14H2,1-2H3,(H2,25,26,27,28,31)/b5-4+. The minimum absolute atomic E-state index is 0.0209. The zero-order chi connectivity index (χ0) is 24.1. The summed E-state index contributed by atoms with van der Waals surface area (Å²) in [5.41, 5.74) is 2.39. The number of sulfonamides is 1. The SMILES string of the molecule is CCS(=O)(=O)Nc1ccc2c(c1)N1CCC(C/C=C/CCNc3nc(C)cc(n3)NC2=O)CC1. The number of hydrogen-bond donors (Lipinski definition) is 3. The molecule has 3 aliphatic rings. The van der Waals surface area contributed by atoms with E-state index < -0.39 is 10.0 Å². The van der Waals surface area contributed by atoms with Gasteiger partial charge >= 0.3 is 0 Å². The Labute approximate surface area is 201 Å². The summed E-state index contributed by atoms with van der Waals surface area (Å²) >= 11 is 0. The number of hydrogen-bond acceptors (Lipinski definition) is 7. The molecule has 1 aromatic heterocycles. The lowest BCUT2D eigenvalue weighted by Crippen LogP contribution is -2.35. The summed E-state index contributed by atoms with van der Waals surface area (Å²) in [5.74, 6) is 1.17. The van der Waals surface area contributed by atoms with Crippen molar-refractivity contribution in [1.82, 2.24) is 9.97 Å². The number of amides is 1. The smallest absolute Gasteiger partial charge is 0.258 e. The van der Waals surface area contributed by atoms with Crippen LogP contribution in [0.25, 0.3) is 0 Å². The van der Waals surface area contributed by atoms with Crippen molar-refractivity contribution >= 4 is 39.1 Å². The third-order valence-electron chi connectivity index (χ3n) is 6.18. The lowest BCUT2D eigenvalue weighted by molar-refractivity contribution is 0.102. The van der Waals surface area contributed by atoms with Crippen molar-refractivity contribution in [3.8, 4) is 0 Å². The molecule has 0 spiro atoms. The Morgan fingerprint density at radius 2 is 1.94 bits per heavy atom. The Kier molecular flexibility index (Phi) is 7.35. The highest BCUT2D eigenvalue weighted by Gasteiger charge is 2.24. The quantitative estimate of drug-likeness (QED) is 0.568. The molecule has 0 aliphatic carbocycles. The van der Waals surface area contributed by atoms with Gasteiger partial charge in [0.1, 0.15) is 5.82 Å². The average Bonchev–Trinajstić information content (AvgIpc) is 2.80. The van der Waals surface area contributed by atoms with Gasteiger partial charge in [0, 0.05) is 31.4 Å². The first-order valence-corrected chi connectivity index (χ1v) is 13.4. The second-order valence-corrected chi connectivity index (χ2v) is 10.8. The molecule has 0 atom stereocenters. The van der Waals surface area contributed by atoms with Crippen molar-refractivity contribution in [2.75, 3.05) is 45.6 Å². The Morgan fingerprint density at radius 3 is 2.71 bits per heavy atom. The molecule has 1 amide bonds. The van der Waals surface area contributed by atoms with Crippen molar-refractivity contribution in [2.24, 2.45) is 5.92 Å². The van der Waals surface area contributed by atoms with Crippen LogP contribution in [-0.2, 0) is 10.0 Å². The second-order valence-electron chi connectivity index (χ2n) is 8.76. The molecule has 4 bridgehead atoms. The number of benzene rings is 1. The molecule has 3 N–H and O–H groups in total. The van der Waals surface area contributed by atoms with E-state index in [2.05, 4.69) is 42.4 Å². The van der Waals surface area contributed by atoms with Gasteiger partial charge in [-0.15, -0.1) is 0 Å². The molecule has 4 heterocycles. The number of piperidine rings is 1. The van der Waals surface area contributed by atoms with Crippen LogP contribution in [0.3, 0.4) is 0 Å². The van der Waals surface area contributed by atoms with Crippen LogP contribution in [0.2, 0.25) is 0 Å². The number of rotatable bonds is 3. The second kappa shape index (κ2) is 10.4. The van der Waals surface area contributed by atoms with E-state index in [1.54, 1.807) is 31.2 Å². The third-order valence-corrected chi connectivity index (χ3v) is 7.48. The van der Waals surface area contributed by atoms with Gasteiger partial charge in [-0.25, -0.2) is 13.4 Å². The molecule has 182 valence electrons. The van der Waals surface area contributed by atoms with Gasteiger partial charge in [0.25, 0.3) is 5.91 Å². The van der Waals surface area contributed by atoms with Gasteiger partial charge in [0.2, 0.25) is 16.0 Å². The number of nitrogens with one attached hydrogen (secondary N) is 3. The fourth-order valence-electron chi connectivity index (χ4n) is 4.28. The number of fused-ring (bicyclic) bond motifs is 7. The van der Waals surface area contributed by atoms with Crippen molar-refractivity contribution < 1.29 is 13.2 Å². The van der Waals surface area contributed by atoms with Crippen LogP contribution in [0, 0.1) is 12.8 Å². The van der Waals surface area contributed by atoms with E-state index in [1.165, 1.54) is 0 Å². The summed E-state index contributed by atoms with van der Waals surface area (Å²) in [5, 5.41) is 6.12. The van der Waals surface area contributed by atoms with Crippen LogP contribution < -0.4 is 20.3 Å². The van der Waals surface area contributed by atoms with E-state index in [9.17, 15) is 13.2 Å². The van der Waals surface area contributed by atoms with E-state index in [0.717, 1.165) is 50.2 Å². The maximum absolute atomic E-state index is 13.3. The topological polar surface area (TPSA) is 116 Å². The summed E-state index contributed by atoms with van der Waals surface area (Å²) in [6.45, 7) is 5.77. The lowest BCUT2D eigenvalue weighted by atomic mass is 9.92. The fraction of sp³-hybridized carbons (Fsp3) is 0.458. The number of nitrogens with zero attached hydrogens (tertiary/aromatic N) is 3. The monoisotopic (exact) mass is 484 g/mol. The van der Waals surface area contributed by atoms with Crippen molar-refractivity contribution in [1.29, 1.82) is 0 Å². The van der Waals surface area contributed by atoms with Crippen LogP contribution in [0.5, 0.6) is 0 Å². The highest BCUT2D eigenvalue weighted by molar-refractivity contribution is 7.92. The fourth-order valence-corrected chi connectivity index (χ4v) is 4.91. The molecule has 0 saturated carbocycles. The molecule has 3 aliphatic heterocycles. The first-order valence-electron chi connectivity index (χ1n) is 11.8. The zero-order valence-electron chi connectivity index (χ0n) is 19.7. The molecule has 0 unspecified atom stereocenters. The predicted octanol–water partition coefficient (Wildman–Crippen LogP) is 3.78. The highest BCUT2D eigenvalue weighted by atomic mass is 32.2. The van der Waals surface area contributed by atoms with E-state index in [1.807, 2.05) is 6.92 Å². The van der Waals surface area contributed by atoms with Gasteiger partial charge in [-0.3, -0.25) is 9.52 Å². The van der Waals surface area contributed by atoms with Gasteiger partial charge in [-0.05, 0) is 63.6 Å². The first-order chi connectivity index (χ1) is 16.3. The van der Waals surface area contributed by atoms with E-state index in [0.29, 0.717) is 35.5 Å². The molecule has 10 heteroatoms. The van der Waals surface area contributed by atoms with Gasteiger partial charge in [-0.1, -0.05) is 12.2 Å². The van der Waals surface area contributed by atoms with E-state index >= 15 is 0 Å². The molecule has 9 nitrogen and oxygen atoms in total. The van der Waals surface area contributed by atoms with Gasteiger partial charge in [-0.2, -0.15) is 4.98 Å². The zero-order valence-corrected chi connectivity index (χ0v) is 20.5. The summed E-state index contributed by atoms with van der Waals surface area (Å²) in [7, 11) is -3.43. The Balaban J connectivity index is 1.70. The predicted molar refractivity (Wildman–Crippen MR) is 136 cm³/mol. The minimum atomic E-state index is -3.43. The number of anilines is 4. The maximum atomic E-state index is 13.3. The number of carbonyl (C=O) groups excluding carboxylic acids is 1. The Bertz CT molecular complexity index is 1170. The summed E-state index contributed by atoms with van der Waals surface area (Å²) in [6.07, 6.45) is 8.37. The van der Waals surface area contributed by atoms with Crippen molar-refractivity contribution in [2.45, 2.75) is 39.5 Å². The molecule has 2 aromatic rings.